The Morgan fingerprint density at radius 1 is 1.25 bits per heavy atom. The third-order valence-electron chi connectivity index (χ3n) is 5.09. The maximum Gasteiger partial charge on any atom is 0.191 e. The van der Waals surface area contributed by atoms with Gasteiger partial charge in [-0.25, -0.2) is 4.98 Å². The number of para-hydroxylation sites is 2. The lowest BCUT2D eigenvalue weighted by Gasteiger charge is -2.32. The van der Waals surface area contributed by atoms with Crippen LogP contribution < -0.4 is 10.6 Å². The molecular weight excluding hydrogens is 463 g/mol. The number of aromatic amines is 1. The third kappa shape index (κ3) is 6.92. The number of guanidine groups is 1. The van der Waals surface area contributed by atoms with Crippen LogP contribution in [0, 0.1) is 0 Å². The van der Waals surface area contributed by atoms with Crippen molar-refractivity contribution >= 4 is 41.0 Å². The van der Waals surface area contributed by atoms with E-state index in [2.05, 4.69) is 45.4 Å². The topological polar surface area (TPSA) is 68.3 Å². The Morgan fingerprint density at radius 2 is 2.04 bits per heavy atom. The molecule has 156 valence electrons. The molecule has 2 heterocycles. The van der Waals surface area contributed by atoms with Gasteiger partial charge in [0, 0.05) is 38.6 Å². The highest BCUT2D eigenvalue weighted by Crippen LogP contribution is 2.12. The maximum absolute atomic E-state index is 4.77. The lowest BCUT2D eigenvalue weighted by Crippen LogP contribution is -2.48. The Kier molecular flexibility index (Phi) is 10.0. The lowest BCUT2D eigenvalue weighted by molar-refractivity contribution is 0.206. The van der Waals surface area contributed by atoms with Crippen molar-refractivity contribution in [3.8, 4) is 0 Å². The first kappa shape index (κ1) is 22.9. The Morgan fingerprint density at radius 3 is 2.75 bits per heavy atom. The summed E-state index contributed by atoms with van der Waals surface area (Å²) in [6.45, 7) is 9.68. The fourth-order valence-corrected chi connectivity index (χ4v) is 3.69. The minimum atomic E-state index is 0. The third-order valence-corrected chi connectivity index (χ3v) is 5.09. The van der Waals surface area contributed by atoms with Crippen LogP contribution in [0.1, 0.15) is 45.4 Å². The van der Waals surface area contributed by atoms with E-state index in [1.807, 2.05) is 18.2 Å². The fourth-order valence-electron chi connectivity index (χ4n) is 3.69. The molecule has 0 amide bonds. The van der Waals surface area contributed by atoms with Gasteiger partial charge in [-0.15, -0.1) is 24.0 Å². The monoisotopic (exact) mass is 498 g/mol. The van der Waals surface area contributed by atoms with Crippen LogP contribution in [0.15, 0.2) is 29.3 Å². The van der Waals surface area contributed by atoms with Crippen LogP contribution in [0.3, 0.4) is 0 Å². The molecule has 1 aromatic heterocycles. The number of aliphatic imine (C=N–C) groups is 1. The zero-order valence-corrected chi connectivity index (χ0v) is 19.5. The zero-order chi connectivity index (χ0) is 18.9. The van der Waals surface area contributed by atoms with Gasteiger partial charge in [0.15, 0.2) is 5.96 Å². The molecule has 2 aromatic rings. The minimum absolute atomic E-state index is 0. The van der Waals surface area contributed by atoms with Crippen molar-refractivity contribution < 1.29 is 0 Å². The van der Waals surface area contributed by atoms with E-state index in [0.29, 0.717) is 6.04 Å². The molecule has 1 aliphatic heterocycles. The molecule has 1 fully saturated rings. The van der Waals surface area contributed by atoms with Crippen LogP contribution in [0.25, 0.3) is 11.0 Å². The van der Waals surface area contributed by atoms with E-state index in [-0.39, 0.29) is 24.0 Å². The van der Waals surface area contributed by atoms with Crippen LogP contribution in [0.5, 0.6) is 0 Å². The Hall–Kier alpha value is -1.35. The van der Waals surface area contributed by atoms with E-state index in [4.69, 9.17) is 4.99 Å². The van der Waals surface area contributed by atoms with E-state index < -0.39 is 0 Å². The van der Waals surface area contributed by atoms with Crippen LogP contribution in [-0.4, -0.2) is 59.6 Å². The molecule has 0 saturated carbocycles. The fraction of sp³-hybridized carbons (Fsp3) is 0.619. The summed E-state index contributed by atoms with van der Waals surface area (Å²) in [7, 11) is 0. The molecule has 0 spiro atoms. The molecule has 0 atom stereocenters. The number of H-pyrrole nitrogens is 1. The van der Waals surface area contributed by atoms with Crippen LogP contribution in [0.4, 0.5) is 0 Å². The molecule has 6 nitrogen and oxygen atoms in total. The molecule has 3 N–H and O–H groups in total. The van der Waals surface area contributed by atoms with E-state index in [9.17, 15) is 0 Å². The van der Waals surface area contributed by atoms with Crippen molar-refractivity contribution in [3.05, 3.63) is 30.1 Å². The van der Waals surface area contributed by atoms with E-state index in [1.54, 1.807) is 0 Å². The highest BCUT2D eigenvalue weighted by Gasteiger charge is 2.19. The van der Waals surface area contributed by atoms with Crippen molar-refractivity contribution in [2.45, 2.75) is 52.0 Å². The van der Waals surface area contributed by atoms with Crippen molar-refractivity contribution in [1.29, 1.82) is 0 Å². The number of rotatable bonds is 8. The lowest BCUT2D eigenvalue weighted by atomic mass is 10.1. The van der Waals surface area contributed by atoms with Gasteiger partial charge in [0.1, 0.15) is 5.82 Å². The van der Waals surface area contributed by atoms with Gasteiger partial charge in [-0.1, -0.05) is 19.1 Å². The second-order valence-corrected chi connectivity index (χ2v) is 7.33. The Labute approximate surface area is 186 Å². The number of aromatic nitrogens is 2. The molecule has 1 aliphatic rings. The normalized spacial score (nSPS) is 16.1. The predicted molar refractivity (Wildman–Crippen MR) is 129 cm³/mol. The van der Waals surface area contributed by atoms with Gasteiger partial charge in [-0.05, 0) is 51.3 Å². The summed E-state index contributed by atoms with van der Waals surface area (Å²) >= 11 is 0. The molecule has 28 heavy (non-hydrogen) atoms. The second kappa shape index (κ2) is 12.3. The van der Waals surface area contributed by atoms with Gasteiger partial charge in [-0.2, -0.15) is 0 Å². The minimum Gasteiger partial charge on any atom is -0.357 e. The number of piperidine rings is 1. The number of hydrogen-bond donors (Lipinski definition) is 3. The molecule has 1 aromatic carbocycles. The van der Waals surface area contributed by atoms with E-state index in [1.165, 1.54) is 38.9 Å². The van der Waals surface area contributed by atoms with E-state index in [0.717, 1.165) is 48.7 Å². The number of nitrogens with zero attached hydrogens (tertiary/aromatic N) is 3. The van der Waals surface area contributed by atoms with Crippen molar-refractivity contribution in [2.24, 2.45) is 4.99 Å². The zero-order valence-electron chi connectivity index (χ0n) is 17.2. The predicted octanol–water partition coefficient (Wildman–Crippen LogP) is 3.54. The number of imidazole rings is 1. The summed E-state index contributed by atoms with van der Waals surface area (Å²) in [5.41, 5.74) is 2.15. The van der Waals surface area contributed by atoms with Crippen LogP contribution in [0.2, 0.25) is 0 Å². The van der Waals surface area contributed by atoms with Gasteiger partial charge >= 0.3 is 0 Å². The molecular formula is C21H35IN6. The molecule has 0 radical (unpaired) electrons. The molecule has 1 saturated heterocycles. The summed E-state index contributed by atoms with van der Waals surface area (Å²) in [6.07, 6.45) is 5.55. The summed E-state index contributed by atoms with van der Waals surface area (Å²) in [5.74, 6) is 2.00. The number of fused-ring (bicyclic) bond motifs is 1. The second-order valence-electron chi connectivity index (χ2n) is 7.33. The number of likely N-dealkylation sites (tertiary alicyclic amines) is 1. The summed E-state index contributed by atoms with van der Waals surface area (Å²) < 4.78 is 0. The van der Waals surface area contributed by atoms with Crippen molar-refractivity contribution in [3.63, 3.8) is 0 Å². The van der Waals surface area contributed by atoms with Gasteiger partial charge in [0.2, 0.25) is 0 Å². The number of halogens is 1. The maximum atomic E-state index is 4.77. The first-order valence-electron chi connectivity index (χ1n) is 10.5. The quantitative estimate of drug-likeness (QED) is 0.226. The first-order chi connectivity index (χ1) is 13.3. The molecule has 0 aliphatic carbocycles. The number of aryl methyl sites for hydroxylation is 1. The largest absolute Gasteiger partial charge is 0.357 e. The highest BCUT2D eigenvalue weighted by molar-refractivity contribution is 14.0. The average Bonchev–Trinajstić information content (AvgIpc) is 3.10. The first-order valence-corrected chi connectivity index (χ1v) is 10.5. The molecule has 0 bridgehead atoms. The van der Waals surface area contributed by atoms with E-state index >= 15 is 0 Å². The number of benzene rings is 1. The standard InChI is InChI=1S/C21H34N6.HI/c1-3-14-27-15-11-17(12-16-27)24-21(22-4-2)23-13-7-10-20-25-18-8-5-6-9-19(18)26-20;/h5-6,8-9,17H,3-4,7,10-16H2,1-2H3,(H,25,26)(H2,22,23,24);1H. The van der Waals surface area contributed by atoms with Crippen molar-refractivity contribution in [1.82, 2.24) is 25.5 Å². The summed E-state index contributed by atoms with van der Waals surface area (Å²) in [6, 6.07) is 8.72. The SMILES string of the molecule is CCCN1CCC(NC(=NCCCc2nc3ccccc3[nH]2)NCC)CC1.I. The number of nitrogens with one attached hydrogen (secondary N) is 3. The number of hydrogen-bond acceptors (Lipinski definition) is 3. The average molecular weight is 498 g/mol. The molecule has 7 heteroatoms. The van der Waals surface area contributed by atoms with Gasteiger partial charge in [0.25, 0.3) is 0 Å². The van der Waals surface area contributed by atoms with Gasteiger partial charge in [-0.3, -0.25) is 4.99 Å². The highest BCUT2D eigenvalue weighted by atomic mass is 127. The molecule has 0 unspecified atom stereocenters. The smallest absolute Gasteiger partial charge is 0.191 e. The summed E-state index contributed by atoms with van der Waals surface area (Å²) in [5, 5.41) is 7.02. The Balaban J connectivity index is 0.00000280. The van der Waals surface area contributed by atoms with Crippen molar-refractivity contribution in [2.75, 3.05) is 32.7 Å². The Bertz CT molecular complexity index is 688. The van der Waals surface area contributed by atoms with Gasteiger partial charge < -0.3 is 20.5 Å². The molecule has 3 rings (SSSR count). The van der Waals surface area contributed by atoms with Crippen LogP contribution in [-0.2, 0) is 6.42 Å². The van der Waals surface area contributed by atoms with Crippen LogP contribution >= 0.6 is 24.0 Å². The van der Waals surface area contributed by atoms with Gasteiger partial charge in [0.05, 0.1) is 11.0 Å². The summed E-state index contributed by atoms with van der Waals surface area (Å²) in [4.78, 5) is 15.4.